The van der Waals surface area contributed by atoms with Crippen molar-refractivity contribution in [1.29, 1.82) is 0 Å². The fraction of sp³-hybridized carbons (Fsp3) is 0.808. The Balaban J connectivity index is 3.43. The van der Waals surface area contributed by atoms with Crippen molar-refractivity contribution in [1.82, 2.24) is 5.32 Å². The van der Waals surface area contributed by atoms with Crippen molar-refractivity contribution < 1.29 is 15.0 Å². The summed E-state index contributed by atoms with van der Waals surface area (Å²) in [5.74, 6) is -0.0265. The Hall–Kier alpha value is -2.43. The Morgan fingerprint density at radius 3 is 0.805 bits per heavy atom. The number of hydrogen-bond acceptors (Lipinski definition) is 3. The molecule has 0 saturated heterocycles. The number of nitrogens with one attached hydrogen (secondary N) is 1. The number of carbonyl (C=O) groups is 1. The molecule has 0 spiro atoms. The molecule has 0 aromatic heterocycles. The first-order valence-corrected chi connectivity index (χ1v) is 36.8. The van der Waals surface area contributed by atoms with E-state index in [1.165, 1.54) is 289 Å². The van der Waals surface area contributed by atoms with E-state index in [0.29, 0.717) is 12.8 Å². The molecule has 2 atom stereocenters. The summed E-state index contributed by atoms with van der Waals surface area (Å²) in [5, 5.41) is 23.5. The zero-order valence-electron chi connectivity index (χ0n) is 55.3. The third-order valence-electron chi connectivity index (χ3n) is 16.9. The normalized spacial score (nSPS) is 13.2. The van der Waals surface area contributed by atoms with Crippen LogP contribution in [0.1, 0.15) is 386 Å². The van der Waals surface area contributed by atoms with Gasteiger partial charge < -0.3 is 15.5 Å². The van der Waals surface area contributed by atoms with Crippen molar-refractivity contribution in [2.75, 3.05) is 6.61 Å². The minimum absolute atomic E-state index is 0.0265. The molecule has 0 aromatic carbocycles. The Bertz CT molecular complexity index is 1440. The highest BCUT2D eigenvalue weighted by Crippen LogP contribution is 2.19. The van der Waals surface area contributed by atoms with Crippen LogP contribution in [0.3, 0.4) is 0 Å². The molecule has 4 heteroatoms. The van der Waals surface area contributed by atoms with Crippen LogP contribution in [0.2, 0.25) is 0 Å². The van der Waals surface area contributed by atoms with Gasteiger partial charge in [-0.25, -0.2) is 0 Å². The predicted octanol–water partition coefficient (Wildman–Crippen LogP) is 25.4. The van der Waals surface area contributed by atoms with Gasteiger partial charge in [0.25, 0.3) is 0 Å². The lowest BCUT2D eigenvalue weighted by Crippen LogP contribution is -2.45. The first kappa shape index (κ1) is 79.6. The molecule has 0 heterocycles. The van der Waals surface area contributed by atoms with Gasteiger partial charge in [0, 0.05) is 6.42 Å². The van der Waals surface area contributed by atoms with Gasteiger partial charge in [0.05, 0.1) is 18.8 Å². The first-order chi connectivity index (χ1) is 40.7. The molecule has 0 saturated carbocycles. The van der Waals surface area contributed by atoms with Gasteiger partial charge in [-0.1, -0.05) is 394 Å². The minimum Gasteiger partial charge on any atom is -0.394 e. The van der Waals surface area contributed by atoms with Gasteiger partial charge in [-0.2, -0.15) is 0 Å². The minimum atomic E-state index is -0.664. The van der Waals surface area contributed by atoms with Crippen molar-refractivity contribution in [3.63, 3.8) is 0 Å². The fourth-order valence-corrected chi connectivity index (χ4v) is 11.4. The molecule has 1 amide bonds. The van der Waals surface area contributed by atoms with Crippen LogP contribution >= 0.6 is 0 Å². The molecule has 478 valence electrons. The summed E-state index contributed by atoms with van der Waals surface area (Å²) in [5.41, 5.74) is 0. The second-order valence-electron chi connectivity index (χ2n) is 25.0. The highest BCUT2D eigenvalue weighted by molar-refractivity contribution is 5.76. The van der Waals surface area contributed by atoms with E-state index in [9.17, 15) is 15.0 Å². The van der Waals surface area contributed by atoms with E-state index in [1.807, 2.05) is 0 Å². The van der Waals surface area contributed by atoms with Gasteiger partial charge in [-0.15, -0.1) is 0 Å². The largest absolute Gasteiger partial charge is 0.394 e. The van der Waals surface area contributed by atoms with E-state index in [-0.39, 0.29) is 12.5 Å². The molecule has 0 aromatic rings. The summed E-state index contributed by atoms with van der Waals surface area (Å²) < 4.78 is 0. The number of hydrogen-bond donors (Lipinski definition) is 3. The highest BCUT2D eigenvalue weighted by Gasteiger charge is 2.20. The van der Waals surface area contributed by atoms with E-state index >= 15 is 0 Å². The van der Waals surface area contributed by atoms with Crippen LogP contribution in [0, 0.1) is 0 Å². The van der Waals surface area contributed by atoms with E-state index in [4.69, 9.17) is 0 Å². The van der Waals surface area contributed by atoms with Crippen LogP contribution in [0.4, 0.5) is 0 Å². The van der Waals surface area contributed by atoms with Crippen molar-refractivity contribution >= 4 is 5.91 Å². The lowest BCUT2D eigenvalue weighted by molar-refractivity contribution is -0.123. The van der Waals surface area contributed by atoms with Crippen LogP contribution in [-0.2, 0) is 4.79 Å². The zero-order chi connectivity index (χ0) is 59.1. The zero-order valence-corrected chi connectivity index (χ0v) is 55.3. The quantitative estimate of drug-likeness (QED) is 0.0420. The number of amides is 1. The number of allylic oxidation sites excluding steroid dienone is 14. The summed E-state index contributed by atoms with van der Waals surface area (Å²) in [6.07, 6.45) is 107. The SMILES string of the molecule is CC/C=C\C/C=C\C/C=C\C/C=C\C/C=C\C/C=C\C/C=C\CCCCCCCCCCCCCCCCCCCC(=O)NC(CO)C(O)CCCCCCCCCCCCCCCCCCCCCCCCCCCCCCCCC. The van der Waals surface area contributed by atoms with Crippen molar-refractivity contribution in [3.05, 3.63) is 85.1 Å². The number of aliphatic hydroxyl groups excluding tert-OH is 2. The van der Waals surface area contributed by atoms with Gasteiger partial charge in [-0.05, 0) is 70.6 Å². The van der Waals surface area contributed by atoms with Crippen LogP contribution in [0.5, 0.6) is 0 Å². The fourth-order valence-electron chi connectivity index (χ4n) is 11.4. The lowest BCUT2D eigenvalue weighted by atomic mass is 10.0. The molecule has 0 rings (SSSR count). The number of carbonyl (C=O) groups excluding carboxylic acids is 1. The van der Waals surface area contributed by atoms with Gasteiger partial charge in [0.2, 0.25) is 5.91 Å². The van der Waals surface area contributed by atoms with Gasteiger partial charge >= 0.3 is 0 Å². The molecule has 0 bridgehead atoms. The van der Waals surface area contributed by atoms with Crippen LogP contribution in [0.25, 0.3) is 0 Å². The molecule has 82 heavy (non-hydrogen) atoms. The standard InChI is InChI=1S/C78H143NO3/c1-3-5-7-9-11-13-15-17-19-21-23-25-27-29-31-33-35-36-37-38-39-40-41-42-44-46-48-50-52-54-56-58-60-62-64-66-68-70-72-74-78(82)79-76(75-80)77(81)73-71-69-67-65-63-61-59-57-55-53-51-49-47-45-43-34-32-30-28-26-24-22-20-18-16-14-12-10-8-6-4-2/h5,7,11,13,17,19,23,25,29,31,35-36,38-39,76-77,80-81H,3-4,6,8-10,12,14-16,18,20-22,24,26-28,30,32-34,37,40-75H2,1-2H3,(H,79,82)/b7-5-,13-11-,19-17-,25-23-,31-29-,36-35-,39-38-. The molecule has 3 N–H and O–H groups in total. The average molecular weight is 1140 g/mol. The topological polar surface area (TPSA) is 69.6 Å². The molecule has 4 nitrogen and oxygen atoms in total. The Kier molecular flexibility index (Phi) is 70.7. The Morgan fingerprint density at radius 1 is 0.305 bits per heavy atom. The summed E-state index contributed by atoms with van der Waals surface area (Å²) in [7, 11) is 0. The van der Waals surface area contributed by atoms with Crippen LogP contribution in [0.15, 0.2) is 85.1 Å². The summed E-state index contributed by atoms with van der Waals surface area (Å²) >= 11 is 0. The second-order valence-corrected chi connectivity index (χ2v) is 25.0. The number of unbranched alkanes of at least 4 members (excludes halogenated alkanes) is 47. The number of rotatable bonds is 68. The van der Waals surface area contributed by atoms with Crippen molar-refractivity contribution in [3.8, 4) is 0 Å². The van der Waals surface area contributed by atoms with E-state index in [2.05, 4.69) is 104 Å². The second kappa shape index (κ2) is 72.8. The molecule has 2 unspecified atom stereocenters. The van der Waals surface area contributed by atoms with E-state index in [1.54, 1.807) is 0 Å². The molecular weight excluding hydrogens is 999 g/mol. The smallest absolute Gasteiger partial charge is 0.220 e. The lowest BCUT2D eigenvalue weighted by Gasteiger charge is -2.22. The van der Waals surface area contributed by atoms with E-state index in [0.717, 1.165) is 70.6 Å². The molecule has 0 radical (unpaired) electrons. The maximum atomic E-state index is 12.6. The summed E-state index contributed by atoms with van der Waals surface area (Å²) in [4.78, 5) is 12.6. The molecule has 0 aliphatic heterocycles. The maximum Gasteiger partial charge on any atom is 0.220 e. The monoisotopic (exact) mass is 1140 g/mol. The van der Waals surface area contributed by atoms with Crippen molar-refractivity contribution in [2.24, 2.45) is 0 Å². The Morgan fingerprint density at radius 2 is 0.537 bits per heavy atom. The molecule has 0 aliphatic carbocycles. The third-order valence-corrected chi connectivity index (χ3v) is 16.9. The Labute approximate surface area is 513 Å². The van der Waals surface area contributed by atoms with Gasteiger partial charge in [-0.3, -0.25) is 4.79 Å². The highest BCUT2D eigenvalue weighted by atomic mass is 16.3. The maximum absolute atomic E-state index is 12.6. The summed E-state index contributed by atoms with van der Waals surface area (Å²) in [6, 6.07) is -0.541. The first-order valence-electron chi connectivity index (χ1n) is 36.8. The average Bonchev–Trinajstić information content (AvgIpc) is 3.50. The number of aliphatic hydroxyl groups is 2. The van der Waals surface area contributed by atoms with Crippen LogP contribution < -0.4 is 5.32 Å². The predicted molar refractivity (Wildman–Crippen MR) is 368 cm³/mol. The van der Waals surface area contributed by atoms with Crippen LogP contribution in [-0.4, -0.2) is 34.9 Å². The molecular formula is C78H143NO3. The van der Waals surface area contributed by atoms with E-state index < -0.39 is 12.1 Å². The molecule has 0 aliphatic rings. The third kappa shape index (κ3) is 68.4. The molecule has 0 fully saturated rings. The summed E-state index contributed by atoms with van der Waals surface area (Å²) in [6.45, 7) is 4.28. The van der Waals surface area contributed by atoms with Gasteiger partial charge in [0.15, 0.2) is 0 Å². The van der Waals surface area contributed by atoms with Gasteiger partial charge in [0.1, 0.15) is 0 Å². The van der Waals surface area contributed by atoms with Crippen molar-refractivity contribution in [2.45, 2.75) is 398 Å².